The molecule has 0 aliphatic rings. The summed E-state index contributed by atoms with van der Waals surface area (Å²) < 4.78 is 34.0. The third-order valence-corrected chi connectivity index (χ3v) is 0. The molecule has 0 N–H and O–H groups in total. The molecule has 0 radical (unpaired) electrons. The fourth-order valence-electron chi connectivity index (χ4n) is 0. The Hall–Kier alpha value is 0.127. The first-order chi connectivity index (χ1) is 3.73. The van der Waals surface area contributed by atoms with E-state index in [2.05, 4.69) is 0 Å². The topological polar surface area (TPSA) is 135 Å². The van der Waals surface area contributed by atoms with Gasteiger partial charge in [-0.05, 0) is 0 Å². The Bertz CT molecular complexity index is 80.2. The van der Waals surface area contributed by atoms with Crippen LogP contribution in [0, 0.1) is 20.4 Å². The average Bonchev–Trinajstić information content (AvgIpc) is 1.19. The van der Waals surface area contributed by atoms with Gasteiger partial charge in [-0.25, -0.2) is 18.6 Å². The Morgan fingerprint density at radius 3 is 1.20 bits per heavy atom. The largest absolute Gasteiger partial charge is 1.00 e. The smallest absolute Gasteiger partial charge is 0.265 e. The van der Waals surface area contributed by atoms with E-state index < -0.39 is 15.2 Å². The molecule has 0 fully saturated rings. The quantitative estimate of drug-likeness (QED) is 0.200. The average molecular weight is 167 g/mol. The van der Waals surface area contributed by atoms with E-state index in [4.69, 9.17) is 28.8 Å². The van der Waals surface area contributed by atoms with Gasteiger partial charge in [0, 0.05) is 4.92 Å². The van der Waals surface area contributed by atoms with Gasteiger partial charge in [0.2, 0.25) is 0 Å². The van der Waals surface area contributed by atoms with Gasteiger partial charge in [0.25, 0.3) is 0 Å². The summed E-state index contributed by atoms with van der Waals surface area (Å²) in [6.07, 6.45) is 0. The predicted molar refractivity (Wildman–Crippen MR) is 12.9 cm³/mol. The summed E-state index contributed by atoms with van der Waals surface area (Å²) in [4.78, 5) is 8.31. The third-order valence-electron chi connectivity index (χ3n) is 0. The fourth-order valence-corrected chi connectivity index (χ4v) is 0. The van der Waals surface area contributed by atoms with Crippen LogP contribution in [0.3, 0.4) is 0 Å². The first-order valence-corrected chi connectivity index (χ1v) is 2.66. The molecule has 0 atom stereocenters. The van der Waals surface area contributed by atoms with Crippen LogP contribution >= 0.6 is 0 Å². The monoisotopic (exact) mass is 167 g/mol. The minimum atomic E-state index is -4.94. The molecule has 0 bridgehead atoms. The molecule has 0 spiro atoms. The van der Waals surface area contributed by atoms with Crippen molar-refractivity contribution in [3.8, 4) is 0 Å². The maximum Gasteiger partial charge on any atom is 1.00 e. The van der Waals surface area contributed by atoms with Crippen molar-refractivity contribution >= 4 is 0 Å². The van der Waals surface area contributed by atoms with E-state index in [1.807, 2.05) is 0 Å². The number of halogens is 1. The summed E-state index contributed by atoms with van der Waals surface area (Å²) in [6, 6.07) is 0. The van der Waals surface area contributed by atoms with E-state index in [1.165, 1.54) is 0 Å². The summed E-state index contributed by atoms with van der Waals surface area (Å²) in [7, 11) is -4.06. The SMILES string of the molecule is C[N+](=O)[O-].[Li+].[O-][Cl+3]([O-])([O-])[O-]. The molecule has 7 nitrogen and oxygen atoms in total. The zero-order valence-electron chi connectivity index (χ0n) is 5.27. The number of nitrogens with zero attached hydrogens (tertiary/aromatic N) is 1. The standard InChI is InChI=1S/CH3NO2.ClHO4.Li/c1-2(3)4;2-1(3,4)5;/h1H3;(H,2,3,4,5);/q;;+1/p-1. The van der Waals surface area contributed by atoms with Gasteiger partial charge in [-0.1, -0.05) is 0 Å². The third kappa shape index (κ3) is 25400. The molecule has 9 heteroatoms. The molecule has 0 aromatic carbocycles. The second kappa shape index (κ2) is 7.24. The molecule has 10 heavy (non-hydrogen) atoms. The minimum absolute atomic E-state index is 0. The van der Waals surface area contributed by atoms with Crippen molar-refractivity contribution in [2.24, 2.45) is 0 Å². The maximum atomic E-state index is 8.81. The molecule has 0 saturated carbocycles. The van der Waals surface area contributed by atoms with Crippen molar-refractivity contribution in [2.45, 2.75) is 0 Å². The van der Waals surface area contributed by atoms with Crippen LogP contribution < -0.4 is 37.5 Å². The van der Waals surface area contributed by atoms with E-state index >= 15 is 0 Å². The second-order valence-corrected chi connectivity index (χ2v) is 1.57. The van der Waals surface area contributed by atoms with Crippen molar-refractivity contribution < 1.29 is 52.7 Å². The molecule has 0 rings (SSSR count). The molecular formula is CH3ClLiNO6. The van der Waals surface area contributed by atoms with Crippen LogP contribution in [-0.4, -0.2) is 12.0 Å². The second-order valence-electron chi connectivity index (χ2n) is 0.818. The molecule has 0 aliphatic heterocycles. The minimum Gasteiger partial charge on any atom is -0.265 e. The number of rotatable bonds is 0. The summed E-state index contributed by atoms with van der Waals surface area (Å²) in [5.74, 6) is 0. The van der Waals surface area contributed by atoms with Gasteiger partial charge in [0.15, 0.2) is 7.05 Å². The van der Waals surface area contributed by atoms with Gasteiger partial charge in [-0.2, -0.15) is 0 Å². The molecule has 0 aromatic heterocycles. The van der Waals surface area contributed by atoms with Crippen molar-refractivity contribution in [1.82, 2.24) is 0 Å². The van der Waals surface area contributed by atoms with Crippen molar-refractivity contribution in [3.63, 3.8) is 0 Å². The molecule has 0 aromatic rings. The molecule has 0 aliphatic carbocycles. The molecule has 0 heterocycles. The first kappa shape index (κ1) is 16.6. The van der Waals surface area contributed by atoms with Crippen LogP contribution in [0.25, 0.3) is 0 Å². The number of hydrogen-bond donors (Lipinski definition) is 0. The molecular weight excluding hydrogens is 164 g/mol. The van der Waals surface area contributed by atoms with Crippen LogP contribution in [0.15, 0.2) is 0 Å². The maximum absolute atomic E-state index is 8.81. The van der Waals surface area contributed by atoms with Gasteiger partial charge in [0.1, 0.15) is 0 Å². The predicted octanol–water partition coefficient (Wildman–Crippen LogP) is -7.86. The van der Waals surface area contributed by atoms with Gasteiger partial charge in [0.05, 0.1) is 0 Å². The normalized spacial score (nSPS) is 8.50. The van der Waals surface area contributed by atoms with Crippen LogP contribution in [0.1, 0.15) is 0 Å². The first-order valence-electron chi connectivity index (χ1n) is 1.43. The summed E-state index contributed by atoms with van der Waals surface area (Å²) in [5.41, 5.74) is 0. The molecule has 0 saturated heterocycles. The van der Waals surface area contributed by atoms with E-state index in [0.717, 1.165) is 7.05 Å². The zero-order chi connectivity index (χ0) is 8.08. The van der Waals surface area contributed by atoms with E-state index in [1.54, 1.807) is 0 Å². The van der Waals surface area contributed by atoms with Crippen LogP contribution in [0.2, 0.25) is 0 Å². The Labute approximate surface area is 70.3 Å². The van der Waals surface area contributed by atoms with E-state index in [-0.39, 0.29) is 18.9 Å². The van der Waals surface area contributed by atoms with E-state index in [0.29, 0.717) is 0 Å². The molecule has 0 amide bonds. The summed E-state index contributed by atoms with van der Waals surface area (Å²) >= 11 is 0. The number of hydrogen-bond acceptors (Lipinski definition) is 6. The Morgan fingerprint density at radius 2 is 1.20 bits per heavy atom. The van der Waals surface area contributed by atoms with Gasteiger partial charge in [-0.3, -0.25) is 10.1 Å². The van der Waals surface area contributed by atoms with Crippen LogP contribution in [-0.2, 0) is 0 Å². The van der Waals surface area contributed by atoms with Crippen molar-refractivity contribution in [3.05, 3.63) is 10.1 Å². The fraction of sp³-hybridized carbons (Fsp3) is 1.00. The van der Waals surface area contributed by atoms with Crippen molar-refractivity contribution in [1.29, 1.82) is 0 Å². The van der Waals surface area contributed by atoms with Gasteiger partial charge >= 0.3 is 18.9 Å². The molecule has 0 unspecified atom stereocenters. The zero-order valence-corrected chi connectivity index (χ0v) is 6.03. The Kier molecular flexibility index (Phi) is 12.0. The Morgan fingerprint density at radius 1 is 1.20 bits per heavy atom. The summed E-state index contributed by atoms with van der Waals surface area (Å²) in [5, 5.41) is 8.81. The van der Waals surface area contributed by atoms with Crippen LogP contribution in [0.5, 0.6) is 0 Å². The van der Waals surface area contributed by atoms with Gasteiger partial charge in [-0.15, -0.1) is 10.2 Å². The van der Waals surface area contributed by atoms with Crippen molar-refractivity contribution in [2.75, 3.05) is 7.05 Å². The Balaban J connectivity index is -0.0000000910. The molecule has 56 valence electrons. The van der Waals surface area contributed by atoms with Crippen LogP contribution in [0.4, 0.5) is 0 Å². The summed E-state index contributed by atoms with van der Waals surface area (Å²) in [6.45, 7) is 0. The number of nitro groups is 1. The van der Waals surface area contributed by atoms with Gasteiger partial charge < -0.3 is 0 Å². The van der Waals surface area contributed by atoms with E-state index in [9.17, 15) is 0 Å².